The Morgan fingerprint density at radius 1 is 1.00 bits per heavy atom. The molecule has 43 heavy (non-hydrogen) atoms. The maximum absolute atomic E-state index is 12.9. The van der Waals surface area contributed by atoms with Gasteiger partial charge >= 0.3 is 0 Å². The second-order valence-corrected chi connectivity index (χ2v) is 11.4. The number of unbranched alkanes of at least 4 members (excludes halogenated alkanes) is 1. The molecule has 0 saturated heterocycles. The van der Waals surface area contributed by atoms with Gasteiger partial charge in [-0.1, -0.05) is 19.9 Å². The molecule has 2 aliphatic rings. The van der Waals surface area contributed by atoms with Crippen molar-refractivity contribution >= 4 is 34.1 Å². The number of methoxy groups -OCH3 is 2. The molecule has 10 heteroatoms. The van der Waals surface area contributed by atoms with E-state index in [1.54, 1.807) is 19.2 Å². The van der Waals surface area contributed by atoms with Crippen LogP contribution in [0.15, 0.2) is 52.7 Å². The van der Waals surface area contributed by atoms with Crippen LogP contribution < -0.4 is 19.6 Å². The molecule has 0 saturated carbocycles. The van der Waals surface area contributed by atoms with Crippen LogP contribution in [0.2, 0.25) is 0 Å². The molecule has 0 spiro atoms. The minimum Gasteiger partial charge on any atom is -0.494 e. The van der Waals surface area contributed by atoms with Crippen LogP contribution in [0.3, 0.4) is 0 Å². The standard InChI is InChI=1S/C33H39N5O5/c1-7-22-11-12-24-23(13-15-26(41-5)30(24)34-22)29-20(2)18-28(39)38(37-29)16-8-9-17-43-25-14-10-21(19-27(25)42-6)31-33(3,4)32(40)36-35-31/h10-15,19-20H,7-9,16-18H2,1-6H3,(H,36,40). The number of nitrogens with zero attached hydrogens (tertiary/aromatic N) is 4. The molecular formula is C33H39N5O5. The Balaban J connectivity index is 1.24. The van der Waals surface area contributed by atoms with E-state index in [1.807, 2.05) is 57.2 Å². The summed E-state index contributed by atoms with van der Waals surface area (Å²) in [4.78, 5) is 29.8. The molecule has 226 valence electrons. The van der Waals surface area contributed by atoms with Crippen LogP contribution in [0.1, 0.15) is 63.8 Å². The molecule has 1 unspecified atom stereocenters. The number of ether oxygens (including phenoxy) is 3. The maximum Gasteiger partial charge on any atom is 0.251 e. The van der Waals surface area contributed by atoms with Crippen LogP contribution in [-0.2, 0) is 16.0 Å². The molecule has 1 N–H and O–H groups in total. The van der Waals surface area contributed by atoms with E-state index >= 15 is 0 Å². The van der Waals surface area contributed by atoms with E-state index in [9.17, 15) is 9.59 Å². The van der Waals surface area contributed by atoms with Crippen molar-refractivity contribution in [2.75, 3.05) is 27.4 Å². The molecule has 0 bridgehead atoms. The van der Waals surface area contributed by atoms with Gasteiger partial charge in [0.05, 0.1) is 37.7 Å². The molecule has 3 aromatic rings. The Labute approximate surface area is 252 Å². The van der Waals surface area contributed by atoms with Gasteiger partial charge in [-0.3, -0.25) is 9.59 Å². The quantitative estimate of drug-likeness (QED) is 0.313. The molecule has 0 radical (unpaired) electrons. The van der Waals surface area contributed by atoms with E-state index < -0.39 is 5.41 Å². The van der Waals surface area contributed by atoms with Crippen molar-refractivity contribution in [1.82, 2.24) is 15.4 Å². The van der Waals surface area contributed by atoms with Crippen LogP contribution in [0.5, 0.6) is 17.2 Å². The third-order valence-corrected chi connectivity index (χ3v) is 8.09. The van der Waals surface area contributed by atoms with Crippen molar-refractivity contribution in [3.05, 3.63) is 59.3 Å². The van der Waals surface area contributed by atoms with Gasteiger partial charge in [-0.25, -0.2) is 15.4 Å². The van der Waals surface area contributed by atoms with Crippen molar-refractivity contribution in [1.29, 1.82) is 0 Å². The van der Waals surface area contributed by atoms with Crippen molar-refractivity contribution in [2.24, 2.45) is 21.5 Å². The summed E-state index contributed by atoms with van der Waals surface area (Å²) in [6, 6.07) is 13.6. The molecule has 2 aliphatic heterocycles. The average molecular weight is 586 g/mol. The number of fused-ring (bicyclic) bond motifs is 1. The van der Waals surface area contributed by atoms with Crippen LogP contribution in [0.25, 0.3) is 10.9 Å². The summed E-state index contributed by atoms with van der Waals surface area (Å²) in [6.45, 7) is 8.74. The van der Waals surface area contributed by atoms with Crippen molar-refractivity contribution in [2.45, 2.75) is 53.4 Å². The van der Waals surface area contributed by atoms with Gasteiger partial charge in [0.1, 0.15) is 11.3 Å². The lowest BCUT2D eigenvalue weighted by Crippen LogP contribution is -2.37. The Bertz CT molecular complexity index is 1610. The van der Waals surface area contributed by atoms with Crippen LogP contribution >= 0.6 is 0 Å². The monoisotopic (exact) mass is 585 g/mol. The van der Waals surface area contributed by atoms with E-state index in [0.29, 0.717) is 36.8 Å². The predicted octanol–water partition coefficient (Wildman–Crippen LogP) is 5.11. The number of hydrogen-bond donors (Lipinski definition) is 1. The van der Waals surface area contributed by atoms with Crippen molar-refractivity contribution < 1.29 is 23.8 Å². The molecule has 1 atom stereocenters. The Morgan fingerprint density at radius 3 is 2.47 bits per heavy atom. The van der Waals surface area contributed by atoms with Crippen molar-refractivity contribution in [3.8, 4) is 17.2 Å². The normalized spacial score (nSPS) is 17.9. The minimum absolute atomic E-state index is 0.0142. The highest BCUT2D eigenvalue weighted by atomic mass is 16.5. The number of nitrogens with one attached hydrogen (secondary N) is 1. The first-order valence-electron chi connectivity index (χ1n) is 14.7. The largest absolute Gasteiger partial charge is 0.494 e. The molecule has 0 fully saturated rings. The van der Waals surface area contributed by atoms with Gasteiger partial charge in [-0.2, -0.15) is 10.2 Å². The zero-order valence-electron chi connectivity index (χ0n) is 25.7. The number of hydrazone groups is 2. The molecular weight excluding hydrogens is 546 g/mol. The zero-order chi connectivity index (χ0) is 30.7. The fraction of sp³-hybridized carbons (Fsp3) is 0.424. The fourth-order valence-corrected chi connectivity index (χ4v) is 5.46. The topological polar surface area (TPSA) is 115 Å². The lowest BCUT2D eigenvalue weighted by atomic mass is 9.84. The summed E-state index contributed by atoms with van der Waals surface area (Å²) < 4.78 is 17.2. The fourth-order valence-electron chi connectivity index (χ4n) is 5.46. The summed E-state index contributed by atoms with van der Waals surface area (Å²) >= 11 is 0. The van der Waals surface area contributed by atoms with Crippen LogP contribution in [0, 0.1) is 11.3 Å². The lowest BCUT2D eigenvalue weighted by Gasteiger charge is -2.28. The van der Waals surface area contributed by atoms with Gasteiger partial charge in [0, 0.05) is 41.1 Å². The second kappa shape index (κ2) is 12.4. The first-order chi connectivity index (χ1) is 20.7. The number of benzene rings is 2. The molecule has 10 nitrogen and oxygen atoms in total. The number of rotatable bonds is 11. The van der Waals surface area contributed by atoms with E-state index in [-0.39, 0.29) is 17.7 Å². The van der Waals surface area contributed by atoms with Gasteiger partial charge in [0.25, 0.3) is 5.91 Å². The number of aryl methyl sites for hydroxylation is 1. The van der Waals surface area contributed by atoms with Gasteiger partial charge in [0.15, 0.2) is 11.5 Å². The number of hydrogen-bond acceptors (Lipinski definition) is 8. The second-order valence-electron chi connectivity index (χ2n) is 11.4. The van der Waals surface area contributed by atoms with Crippen LogP contribution in [-0.4, -0.2) is 60.6 Å². The summed E-state index contributed by atoms with van der Waals surface area (Å²) in [7, 11) is 3.23. The smallest absolute Gasteiger partial charge is 0.251 e. The predicted molar refractivity (Wildman–Crippen MR) is 166 cm³/mol. The molecule has 1 aromatic heterocycles. The van der Waals surface area contributed by atoms with Crippen LogP contribution in [0.4, 0.5) is 0 Å². The summed E-state index contributed by atoms with van der Waals surface area (Å²) in [5.41, 5.74) is 6.94. The molecule has 2 aromatic carbocycles. The number of pyridine rings is 1. The lowest BCUT2D eigenvalue weighted by molar-refractivity contribution is -0.132. The van der Waals surface area contributed by atoms with Gasteiger partial charge < -0.3 is 14.2 Å². The number of aromatic nitrogens is 1. The Hall–Kier alpha value is -4.47. The van der Waals surface area contributed by atoms with Gasteiger partial charge in [0.2, 0.25) is 5.91 Å². The third kappa shape index (κ3) is 5.91. The van der Waals surface area contributed by atoms with E-state index in [2.05, 4.69) is 23.5 Å². The van der Waals surface area contributed by atoms with E-state index in [0.717, 1.165) is 58.4 Å². The first-order valence-corrected chi connectivity index (χ1v) is 14.7. The highest BCUT2D eigenvalue weighted by Crippen LogP contribution is 2.34. The highest BCUT2D eigenvalue weighted by molar-refractivity contribution is 6.19. The minimum atomic E-state index is -0.727. The Kier molecular flexibility index (Phi) is 8.66. The number of carbonyl (C=O) groups excluding carboxylic acids is 2. The molecule has 5 rings (SSSR count). The maximum atomic E-state index is 12.9. The summed E-state index contributed by atoms with van der Waals surface area (Å²) in [5, 5.41) is 11.6. The van der Waals surface area contributed by atoms with Gasteiger partial charge in [-0.15, -0.1) is 0 Å². The molecule has 3 heterocycles. The first kappa shape index (κ1) is 30.0. The molecule has 2 amide bonds. The Morgan fingerprint density at radius 2 is 1.77 bits per heavy atom. The summed E-state index contributed by atoms with van der Waals surface area (Å²) in [6.07, 6.45) is 2.68. The third-order valence-electron chi connectivity index (χ3n) is 8.09. The highest BCUT2D eigenvalue weighted by Gasteiger charge is 2.39. The number of carbonyl (C=O) groups is 2. The summed E-state index contributed by atoms with van der Waals surface area (Å²) in [5.74, 6) is 1.76. The van der Waals surface area contributed by atoms with Gasteiger partial charge in [-0.05, 0) is 69.5 Å². The SMILES string of the molecule is CCc1ccc2c(C3=NN(CCCCOc4ccc(C5=NNC(=O)C5(C)C)cc4OC)C(=O)CC3C)ccc(OC)c2n1. The zero-order valence-corrected chi connectivity index (χ0v) is 25.7. The molecule has 0 aliphatic carbocycles. The average Bonchev–Trinajstić information content (AvgIpc) is 3.28. The van der Waals surface area contributed by atoms with Crippen molar-refractivity contribution in [3.63, 3.8) is 0 Å². The van der Waals surface area contributed by atoms with E-state index in [4.69, 9.17) is 24.3 Å². The van der Waals surface area contributed by atoms with E-state index in [1.165, 1.54) is 0 Å². The number of amides is 2.